The van der Waals surface area contributed by atoms with Gasteiger partial charge in [0.25, 0.3) is 0 Å². The molecule has 0 atom stereocenters. The van der Waals surface area contributed by atoms with Crippen molar-refractivity contribution in [3.05, 3.63) is 0 Å². The second-order valence-electron chi connectivity index (χ2n) is 3.93. The Morgan fingerprint density at radius 2 is 1.80 bits per heavy atom. The van der Waals surface area contributed by atoms with Crippen LogP contribution >= 0.6 is 0 Å². The zero-order chi connectivity index (χ0) is 11.9. The Morgan fingerprint density at radius 3 is 2.27 bits per heavy atom. The molecular weight excluding hydrogens is 214 g/mol. The zero-order valence-corrected chi connectivity index (χ0v) is 10.6. The van der Waals surface area contributed by atoms with Crippen LogP contribution in [0.2, 0.25) is 0 Å². The summed E-state index contributed by atoms with van der Waals surface area (Å²) in [4.78, 5) is 13.2. The third kappa shape index (κ3) is 8.57. The van der Waals surface area contributed by atoms with E-state index in [2.05, 4.69) is 0 Å². The first-order valence-corrected chi connectivity index (χ1v) is 7.06. The summed E-state index contributed by atoms with van der Waals surface area (Å²) in [5.41, 5.74) is 0. The Balaban J connectivity index is 3.65. The zero-order valence-electron chi connectivity index (χ0n) is 9.82. The van der Waals surface area contributed by atoms with Crippen LogP contribution in [0.5, 0.6) is 0 Å². The van der Waals surface area contributed by atoms with Crippen molar-refractivity contribution in [2.75, 3.05) is 32.1 Å². The minimum Gasteiger partial charge on any atom is -0.309 e. The van der Waals surface area contributed by atoms with E-state index in [4.69, 9.17) is 0 Å². The van der Waals surface area contributed by atoms with Crippen molar-refractivity contribution < 1.29 is 13.2 Å². The number of carbonyl (C=O) groups is 1. The maximum atomic E-state index is 11.3. The van der Waals surface area contributed by atoms with E-state index >= 15 is 0 Å². The number of nitrogens with zero attached hydrogens (tertiary/aromatic N) is 1. The van der Waals surface area contributed by atoms with Crippen LogP contribution in [0, 0.1) is 0 Å². The van der Waals surface area contributed by atoms with E-state index in [0.29, 0.717) is 19.3 Å². The molecule has 0 amide bonds. The normalized spacial score (nSPS) is 12.0. The van der Waals surface area contributed by atoms with Crippen molar-refractivity contribution in [3.8, 4) is 0 Å². The van der Waals surface area contributed by atoms with E-state index in [1.807, 2.05) is 19.0 Å². The quantitative estimate of drug-likeness (QED) is 0.622. The number of carbonyl (C=O) groups excluding carboxylic acids is 1. The molecule has 0 aliphatic carbocycles. The number of hydrogen-bond donors (Lipinski definition) is 0. The van der Waals surface area contributed by atoms with E-state index in [-0.39, 0.29) is 17.3 Å². The first-order chi connectivity index (χ1) is 6.87. The molecule has 5 heteroatoms. The van der Waals surface area contributed by atoms with Crippen LogP contribution in [0.3, 0.4) is 0 Å². The third-order valence-corrected chi connectivity index (χ3v) is 3.98. The van der Waals surface area contributed by atoms with Crippen LogP contribution in [-0.2, 0) is 14.6 Å². The van der Waals surface area contributed by atoms with Crippen LogP contribution in [0.4, 0.5) is 0 Å². The van der Waals surface area contributed by atoms with Gasteiger partial charge < -0.3 is 4.90 Å². The van der Waals surface area contributed by atoms with E-state index < -0.39 is 9.84 Å². The molecule has 0 aliphatic heterocycles. The van der Waals surface area contributed by atoms with Gasteiger partial charge in [-0.1, -0.05) is 6.92 Å². The van der Waals surface area contributed by atoms with Gasteiger partial charge in [-0.25, -0.2) is 8.42 Å². The fourth-order valence-corrected chi connectivity index (χ4v) is 1.98. The molecule has 0 aromatic carbocycles. The largest absolute Gasteiger partial charge is 0.309 e. The Morgan fingerprint density at radius 1 is 1.20 bits per heavy atom. The molecule has 0 radical (unpaired) electrons. The molecule has 0 rings (SSSR count). The fraction of sp³-hybridized carbons (Fsp3) is 0.900. The number of Topliss-reactive ketones (excluding diaryl/α,β-unsaturated/α-hetero) is 1. The highest BCUT2D eigenvalue weighted by Crippen LogP contribution is 2.00. The van der Waals surface area contributed by atoms with Crippen LogP contribution in [0.15, 0.2) is 0 Å². The molecular formula is C10H21NO3S. The van der Waals surface area contributed by atoms with Crippen molar-refractivity contribution in [3.63, 3.8) is 0 Å². The van der Waals surface area contributed by atoms with Gasteiger partial charge in [0.05, 0.1) is 5.75 Å². The van der Waals surface area contributed by atoms with E-state index in [1.54, 1.807) is 6.92 Å². The van der Waals surface area contributed by atoms with Gasteiger partial charge in [-0.05, 0) is 20.5 Å². The molecule has 90 valence electrons. The average Bonchev–Trinajstić information content (AvgIpc) is 2.14. The topological polar surface area (TPSA) is 54.5 Å². The Hall–Kier alpha value is -0.420. The maximum Gasteiger partial charge on any atom is 0.150 e. The second-order valence-corrected chi connectivity index (χ2v) is 6.40. The summed E-state index contributed by atoms with van der Waals surface area (Å²) in [6.45, 7) is 2.36. The fourth-order valence-electron chi connectivity index (χ4n) is 1.11. The minimum absolute atomic E-state index is 0.136. The highest BCUT2D eigenvalue weighted by Gasteiger charge is 2.09. The predicted molar refractivity (Wildman–Crippen MR) is 61.7 cm³/mol. The van der Waals surface area contributed by atoms with Crippen molar-refractivity contribution in [2.24, 2.45) is 0 Å². The van der Waals surface area contributed by atoms with Gasteiger partial charge in [0, 0.05) is 25.1 Å². The lowest BCUT2D eigenvalue weighted by Gasteiger charge is -2.08. The summed E-state index contributed by atoms with van der Waals surface area (Å²) >= 11 is 0. The van der Waals surface area contributed by atoms with Crippen molar-refractivity contribution in [1.29, 1.82) is 0 Å². The molecule has 15 heavy (non-hydrogen) atoms. The van der Waals surface area contributed by atoms with Gasteiger partial charge in [0.1, 0.15) is 15.6 Å². The van der Waals surface area contributed by atoms with Gasteiger partial charge in [-0.3, -0.25) is 4.79 Å². The molecule has 4 nitrogen and oxygen atoms in total. The smallest absolute Gasteiger partial charge is 0.150 e. The Kier molecular flexibility index (Phi) is 6.76. The molecule has 0 N–H and O–H groups in total. The van der Waals surface area contributed by atoms with Gasteiger partial charge in [0.2, 0.25) is 0 Å². The molecule has 0 aromatic rings. The standard InChI is InChI=1S/C10H21NO3S/c1-4-15(13,14)9-5-6-10(12)7-8-11(2)3/h4-9H2,1-3H3. The van der Waals surface area contributed by atoms with Crippen molar-refractivity contribution >= 4 is 15.6 Å². The van der Waals surface area contributed by atoms with Crippen molar-refractivity contribution in [1.82, 2.24) is 4.90 Å². The summed E-state index contributed by atoms with van der Waals surface area (Å²) in [6.07, 6.45) is 1.36. The summed E-state index contributed by atoms with van der Waals surface area (Å²) in [6, 6.07) is 0. The van der Waals surface area contributed by atoms with Crippen LogP contribution in [-0.4, -0.2) is 51.2 Å². The Bertz CT molecular complexity index is 283. The van der Waals surface area contributed by atoms with Gasteiger partial charge in [-0.2, -0.15) is 0 Å². The molecule has 0 saturated heterocycles. The van der Waals surface area contributed by atoms with Gasteiger partial charge >= 0.3 is 0 Å². The molecule has 0 aromatic heterocycles. The lowest BCUT2D eigenvalue weighted by Crippen LogP contribution is -2.17. The highest BCUT2D eigenvalue weighted by molar-refractivity contribution is 7.91. The van der Waals surface area contributed by atoms with Crippen molar-refractivity contribution in [2.45, 2.75) is 26.2 Å². The van der Waals surface area contributed by atoms with Crippen LogP contribution in [0.1, 0.15) is 26.2 Å². The molecule has 0 saturated carbocycles. The predicted octanol–water partition coefficient (Wildman–Crippen LogP) is 0.722. The number of rotatable bonds is 8. The lowest BCUT2D eigenvalue weighted by molar-refractivity contribution is -0.119. The first kappa shape index (κ1) is 14.6. The minimum atomic E-state index is -2.91. The monoisotopic (exact) mass is 235 g/mol. The maximum absolute atomic E-state index is 11.3. The molecule has 0 unspecified atom stereocenters. The molecule has 0 heterocycles. The van der Waals surface area contributed by atoms with Crippen LogP contribution < -0.4 is 0 Å². The van der Waals surface area contributed by atoms with E-state index in [0.717, 1.165) is 6.54 Å². The average molecular weight is 235 g/mol. The summed E-state index contributed by atoms with van der Waals surface area (Å²) in [5, 5.41) is 0. The lowest BCUT2D eigenvalue weighted by atomic mass is 10.2. The second kappa shape index (κ2) is 6.95. The summed E-state index contributed by atoms with van der Waals surface area (Å²) in [5.74, 6) is 0.450. The Labute approximate surface area is 92.6 Å². The summed E-state index contributed by atoms with van der Waals surface area (Å²) in [7, 11) is 0.914. The van der Waals surface area contributed by atoms with Gasteiger partial charge in [-0.15, -0.1) is 0 Å². The summed E-state index contributed by atoms with van der Waals surface area (Å²) < 4.78 is 22.3. The molecule has 0 fully saturated rings. The third-order valence-electron chi connectivity index (χ3n) is 2.19. The highest BCUT2D eigenvalue weighted by atomic mass is 32.2. The number of ketones is 1. The SMILES string of the molecule is CCS(=O)(=O)CCCC(=O)CCN(C)C. The molecule has 0 bridgehead atoms. The van der Waals surface area contributed by atoms with Gasteiger partial charge in [0.15, 0.2) is 0 Å². The molecule has 0 aliphatic rings. The molecule has 0 spiro atoms. The van der Waals surface area contributed by atoms with E-state index in [1.165, 1.54) is 0 Å². The first-order valence-electron chi connectivity index (χ1n) is 5.24. The number of sulfone groups is 1. The van der Waals surface area contributed by atoms with Crippen LogP contribution in [0.25, 0.3) is 0 Å². The number of hydrogen-bond acceptors (Lipinski definition) is 4. The van der Waals surface area contributed by atoms with E-state index in [9.17, 15) is 13.2 Å².